The van der Waals surface area contributed by atoms with Gasteiger partial charge in [-0.3, -0.25) is 9.48 Å². The van der Waals surface area contributed by atoms with Gasteiger partial charge in [-0.2, -0.15) is 0 Å². The summed E-state index contributed by atoms with van der Waals surface area (Å²) in [6.45, 7) is 4.24. The number of rotatable bonds is 2. The zero-order chi connectivity index (χ0) is 13.4. The number of hydrogen-bond donors (Lipinski definition) is 1. The highest BCUT2D eigenvalue weighted by molar-refractivity contribution is 6.30. The fourth-order valence-corrected chi connectivity index (χ4v) is 2.09. The predicted molar refractivity (Wildman–Crippen MR) is 69.8 cm³/mol. The molecule has 4 nitrogen and oxygen atoms in total. The lowest BCUT2D eigenvalue weighted by atomic mass is 10.3. The molecule has 18 heavy (non-hydrogen) atoms. The van der Waals surface area contributed by atoms with Gasteiger partial charge in [-0.1, -0.05) is 11.6 Å². The fraction of sp³-hybridized carbons (Fsp3) is 0.250. The molecule has 2 rings (SSSR count). The summed E-state index contributed by atoms with van der Waals surface area (Å²) in [5, 5.41) is -0.0283. The Labute approximate surface area is 108 Å². The molecular formula is C12H13ClFN3O. The molecule has 0 amide bonds. The van der Waals surface area contributed by atoms with Crippen molar-refractivity contribution in [3.8, 4) is 5.69 Å². The fourth-order valence-electron chi connectivity index (χ4n) is 1.92. The Morgan fingerprint density at radius 2 is 2.11 bits per heavy atom. The first-order valence-corrected chi connectivity index (χ1v) is 5.88. The van der Waals surface area contributed by atoms with Crippen molar-refractivity contribution in [3.05, 3.63) is 45.1 Å². The van der Waals surface area contributed by atoms with Gasteiger partial charge in [-0.05, 0) is 32.0 Å². The van der Waals surface area contributed by atoms with Crippen molar-refractivity contribution in [2.45, 2.75) is 20.4 Å². The van der Waals surface area contributed by atoms with Gasteiger partial charge in [0.2, 0.25) is 0 Å². The summed E-state index contributed by atoms with van der Waals surface area (Å²) >= 11 is 5.73. The standard InChI is InChI=1S/C12H13ClFN3O/c1-3-16-7(2)11(15)12(18)17(16)8-4-5-10(14)9(13)6-8/h4-6H,3,15H2,1-2H3. The third kappa shape index (κ3) is 1.80. The van der Waals surface area contributed by atoms with Crippen molar-refractivity contribution in [2.75, 3.05) is 5.73 Å². The Morgan fingerprint density at radius 1 is 1.44 bits per heavy atom. The summed E-state index contributed by atoms with van der Waals surface area (Å²) in [5.41, 5.74) is 6.77. The second-order valence-corrected chi connectivity index (χ2v) is 4.34. The first-order valence-electron chi connectivity index (χ1n) is 5.50. The Balaban J connectivity index is 2.74. The zero-order valence-corrected chi connectivity index (χ0v) is 10.8. The van der Waals surface area contributed by atoms with Gasteiger partial charge in [0.05, 0.1) is 16.4 Å². The Bertz CT molecular complexity index is 660. The van der Waals surface area contributed by atoms with Crippen LogP contribution in [-0.2, 0) is 6.54 Å². The van der Waals surface area contributed by atoms with Crippen LogP contribution in [0.25, 0.3) is 5.69 Å². The van der Waals surface area contributed by atoms with Gasteiger partial charge in [0.25, 0.3) is 5.56 Å². The maximum atomic E-state index is 13.1. The highest BCUT2D eigenvalue weighted by atomic mass is 35.5. The van der Waals surface area contributed by atoms with Crippen molar-refractivity contribution in [1.82, 2.24) is 9.36 Å². The number of aromatic nitrogens is 2. The summed E-state index contributed by atoms with van der Waals surface area (Å²) < 4.78 is 16.3. The van der Waals surface area contributed by atoms with Crippen LogP contribution in [0.2, 0.25) is 5.02 Å². The minimum Gasteiger partial charge on any atom is -0.393 e. The third-order valence-corrected chi connectivity index (χ3v) is 3.18. The van der Waals surface area contributed by atoms with Gasteiger partial charge in [-0.25, -0.2) is 9.07 Å². The predicted octanol–water partition coefficient (Wildman–Crippen LogP) is 2.34. The third-order valence-electron chi connectivity index (χ3n) is 2.89. The van der Waals surface area contributed by atoms with Gasteiger partial charge in [0.15, 0.2) is 0 Å². The van der Waals surface area contributed by atoms with E-state index in [1.54, 1.807) is 11.6 Å². The summed E-state index contributed by atoms with van der Waals surface area (Å²) in [6, 6.07) is 4.12. The lowest BCUT2D eigenvalue weighted by molar-refractivity contribution is 0.558. The first-order chi connectivity index (χ1) is 8.47. The molecule has 0 radical (unpaired) electrons. The maximum Gasteiger partial charge on any atom is 0.294 e. The lowest BCUT2D eigenvalue weighted by Gasteiger charge is -2.11. The van der Waals surface area contributed by atoms with Crippen molar-refractivity contribution in [3.63, 3.8) is 0 Å². The van der Waals surface area contributed by atoms with Crippen LogP contribution in [0.3, 0.4) is 0 Å². The molecule has 0 saturated heterocycles. The normalized spacial score (nSPS) is 10.9. The minimum absolute atomic E-state index is 0.0283. The molecule has 0 aliphatic heterocycles. The van der Waals surface area contributed by atoms with E-state index in [0.717, 1.165) is 0 Å². The molecule has 0 fully saturated rings. The number of halogens is 2. The number of nitrogens with zero attached hydrogens (tertiary/aromatic N) is 2. The molecule has 0 atom stereocenters. The summed E-state index contributed by atoms with van der Waals surface area (Å²) in [5.74, 6) is -0.521. The second kappa shape index (κ2) is 4.49. The highest BCUT2D eigenvalue weighted by Gasteiger charge is 2.15. The van der Waals surface area contributed by atoms with Crippen LogP contribution in [0.1, 0.15) is 12.6 Å². The quantitative estimate of drug-likeness (QED) is 0.910. The smallest absolute Gasteiger partial charge is 0.294 e. The molecule has 1 aromatic heterocycles. The molecule has 0 spiro atoms. The monoisotopic (exact) mass is 269 g/mol. The Hall–Kier alpha value is -1.75. The molecule has 2 N–H and O–H groups in total. The van der Waals surface area contributed by atoms with Crippen LogP contribution in [-0.4, -0.2) is 9.36 Å². The molecule has 0 aliphatic rings. The van der Waals surface area contributed by atoms with Crippen molar-refractivity contribution in [1.29, 1.82) is 0 Å². The summed E-state index contributed by atoms with van der Waals surface area (Å²) in [7, 11) is 0. The minimum atomic E-state index is -0.521. The molecule has 0 unspecified atom stereocenters. The van der Waals surface area contributed by atoms with Crippen LogP contribution < -0.4 is 11.3 Å². The average Bonchev–Trinajstić information content (AvgIpc) is 2.57. The van der Waals surface area contributed by atoms with E-state index in [1.165, 1.54) is 22.9 Å². The number of anilines is 1. The van der Waals surface area contributed by atoms with Crippen molar-refractivity contribution >= 4 is 17.3 Å². The van der Waals surface area contributed by atoms with E-state index >= 15 is 0 Å². The average molecular weight is 270 g/mol. The van der Waals surface area contributed by atoms with Gasteiger partial charge >= 0.3 is 0 Å². The van der Waals surface area contributed by atoms with E-state index in [-0.39, 0.29) is 16.3 Å². The van der Waals surface area contributed by atoms with Gasteiger partial charge in [-0.15, -0.1) is 0 Å². The number of nitrogen functional groups attached to an aromatic ring is 1. The topological polar surface area (TPSA) is 52.9 Å². The second-order valence-electron chi connectivity index (χ2n) is 3.93. The van der Waals surface area contributed by atoms with E-state index in [4.69, 9.17) is 17.3 Å². The number of hydrogen-bond acceptors (Lipinski definition) is 2. The van der Waals surface area contributed by atoms with E-state index in [1.807, 2.05) is 6.92 Å². The molecule has 2 aromatic rings. The molecule has 1 heterocycles. The highest BCUT2D eigenvalue weighted by Crippen LogP contribution is 2.19. The Kier molecular flexibility index (Phi) is 3.17. The molecule has 1 aromatic carbocycles. The molecule has 0 bridgehead atoms. The summed E-state index contributed by atoms with van der Waals surface area (Å²) in [6.07, 6.45) is 0. The molecular weight excluding hydrogens is 257 g/mol. The van der Waals surface area contributed by atoms with Crippen LogP contribution >= 0.6 is 11.6 Å². The van der Waals surface area contributed by atoms with E-state index < -0.39 is 5.82 Å². The first kappa shape index (κ1) is 12.7. The number of nitrogens with two attached hydrogens (primary N) is 1. The van der Waals surface area contributed by atoms with Crippen molar-refractivity contribution in [2.24, 2.45) is 0 Å². The van der Waals surface area contributed by atoms with Crippen LogP contribution in [0, 0.1) is 12.7 Å². The molecule has 6 heteroatoms. The molecule has 0 aliphatic carbocycles. The van der Waals surface area contributed by atoms with Gasteiger partial charge < -0.3 is 5.73 Å². The lowest BCUT2D eigenvalue weighted by Crippen LogP contribution is -2.22. The van der Waals surface area contributed by atoms with Crippen LogP contribution in [0.5, 0.6) is 0 Å². The van der Waals surface area contributed by atoms with Crippen LogP contribution in [0.15, 0.2) is 23.0 Å². The van der Waals surface area contributed by atoms with Crippen molar-refractivity contribution < 1.29 is 4.39 Å². The van der Waals surface area contributed by atoms with E-state index in [0.29, 0.717) is 17.9 Å². The van der Waals surface area contributed by atoms with Gasteiger partial charge in [0.1, 0.15) is 11.5 Å². The maximum absolute atomic E-state index is 13.1. The number of benzene rings is 1. The Morgan fingerprint density at radius 3 is 2.67 bits per heavy atom. The largest absolute Gasteiger partial charge is 0.393 e. The van der Waals surface area contributed by atoms with Gasteiger partial charge in [0, 0.05) is 6.54 Å². The molecule has 0 saturated carbocycles. The van der Waals surface area contributed by atoms with Crippen LogP contribution in [0.4, 0.5) is 10.1 Å². The summed E-state index contributed by atoms with van der Waals surface area (Å²) in [4.78, 5) is 12.0. The molecule has 96 valence electrons. The van der Waals surface area contributed by atoms with E-state index in [9.17, 15) is 9.18 Å². The SMILES string of the molecule is CCn1c(C)c(N)c(=O)n1-c1ccc(F)c(Cl)c1. The van der Waals surface area contributed by atoms with E-state index in [2.05, 4.69) is 0 Å². The zero-order valence-electron chi connectivity index (χ0n) is 10.1.